The van der Waals surface area contributed by atoms with Gasteiger partial charge < -0.3 is 0 Å². The second kappa shape index (κ2) is 8.02. The molecule has 90 valence electrons. The van der Waals surface area contributed by atoms with Crippen molar-refractivity contribution in [1.29, 1.82) is 0 Å². The molecule has 0 aromatic heterocycles. The zero-order valence-electron chi connectivity index (χ0n) is 9.01. The van der Waals surface area contributed by atoms with Crippen molar-refractivity contribution in [3.63, 3.8) is 0 Å². The Bertz CT molecular complexity index is 188. The fourth-order valence-corrected chi connectivity index (χ4v) is 1.80. The van der Waals surface area contributed by atoms with Crippen LogP contribution in [-0.2, 0) is 4.79 Å². The summed E-state index contributed by atoms with van der Waals surface area (Å²) in [4.78, 5) is 10.8. The molecule has 0 aliphatic carbocycles. The van der Waals surface area contributed by atoms with E-state index in [1.54, 1.807) is 6.92 Å². The number of hydrogen-bond donors (Lipinski definition) is 0. The molecule has 0 aliphatic rings. The van der Waals surface area contributed by atoms with Crippen molar-refractivity contribution < 1.29 is 18.0 Å². The van der Waals surface area contributed by atoms with Gasteiger partial charge in [-0.05, 0) is 13.3 Å². The molecule has 0 aliphatic heterocycles. The van der Waals surface area contributed by atoms with E-state index >= 15 is 0 Å². The van der Waals surface area contributed by atoms with Crippen LogP contribution in [0.2, 0.25) is 0 Å². The predicted molar refractivity (Wildman–Crippen MR) is 57.4 cm³/mol. The number of carbonyl (C=O) groups is 1. The minimum absolute atomic E-state index is 0.0310. The Morgan fingerprint density at radius 1 is 1.27 bits per heavy atom. The Hall–Kier alpha value is -0.190. The van der Waals surface area contributed by atoms with Gasteiger partial charge in [0.25, 0.3) is 0 Å². The summed E-state index contributed by atoms with van der Waals surface area (Å²) in [6.07, 6.45) is -4.81. The third-order valence-electron chi connectivity index (χ3n) is 1.89. The third-order valence-corrected chi connectivity index (χ3v) is 2.94. The van der Waals surface area contributed by atoms with E-state index in [0.29, 0.717) is 6.42 Å². The standard InChI is InChI=1S/C10H17F3OS/c1-3-10(14)15-5-4-8(12)9(13)6-7(2)11/h7-9H,3-6H2,1-2H3. The van der Waals surface area contributed by atoms with E-state index in [0.717, 1.165) is 11.8 Å². The van der Waals surface area contributed by atoms with Crippen LogP contribution >= 0.6 is 11.8 Å². The summed E-state index contributed by atoms with van der Waals surface area (Å²) in [5.74, 6) is 0.259. The molecule has 0 amide bonds. The van der Waals surface area contributed by atoms with E-state index in [1.807, 2.05) is 0 Å². The molecule has 0 saturated heterocycles. The van der Waals surface area contributed by atoms with Gasteiger partial charge in [0.05, 0.1) is 0 Å². The first-order chi connectivity index (χ1) is 6.97. The van der Waals surface area contributed by atoms with Gasteiger partial charge in [0.1, 0.15) is 18.5 Å². The quantitative estimate of drug-likeness (QED) is 0.680. The smallest absolute Gasteiger partial charge is 0.188 e. The first-order valence-electron chi connectivity index (χ1n) is 5.05. The van der Waals surface area contributed by atoms with Crippen LogP contribution in [-0.4, -0.2) is 29.4 Å². The fourth-order valence-electron chi connectivity index (χ4n) is 1.03. The molecule has 0 aromatic carbocycles. The highest BCUT2D eigenvalue weighted by Gasteiger charge is 2.22. The highest BCUT2D eigenvalue weighted by molar-refractivity contribution is 8.13. The minimum Gasteiger partial charge on any atom is -0.287 e. The van der Waals surface area contributed by atoms with Gasteiger partial charge in [-0.3, -0.25) is 4.79 Å². The normalized spacial score (nSPS) is 17.1. The number of thioether (sulfide) groups is 1. The Kier molecular flexibility index (Phi) is 7.92. The largest absolute Gasteiger partial charge is 0.287 e. The van der Waals surface area contributed by atoms with Crippen molar-refractivity contribution in [3.05, 3.63) is 0 Å². The average Bonchev–Trinajstić information content (AvgIpc) is 2.16. The lowest BCUT2D eigenvalue weighted by Crippen LogP contribution is -2.21. The molecular formula is C10H17F3OS. The third kappa shape index (κ3) is 7.71. The Labute approximate surface area is 92.8 Å². The van der Waals surface area contributed by atoms with Crippen molar-refractivity contribution in [1.82, 2.24) is 0 Å². The maximum absolute atomic E-state index is 13.0. The van der Waals surface area contributed by atoms with Crippen LogP contribution in [0.25, 0.3) is 0 Å². The monoisotopic (exact) mass is 242 g/mol. The summed E-state index contributed by atoms with van der Waals surface area (Å²) >= 11 is 1.00. The zero-order chi connectivity index (χ0) is 11.8. The van der Waals surface area contributed by atoms with Crippen LogP contribution in [0.5, 0.6) is 0 Å². The number of halogens is 3. The molecule has 5 heteroatoms. The van der Waals surface area contributed by atoms with Crippen molar-refractivity contribution in [3.8, 4) is 0 Å². The Morgan fingerprint density at radius 2 is 1.87 bits per heavy atom. The van der Waals surface area contributed by atoms with Crippen LogP contribution in [0.15, 0.2) is 0 Å². The summed E-state index contributed by atoms with van der Waals surface area (Å²) in [5.41, 5.74) is 0. The topological polar surface area (TPSA) is 17.1 Å². The first kappa shape index (κ1) is 14.8. The molecule has 0 saturated carbocycles. The van der Waals surface area contributed by atoms with Gasteiger partial charge in [0.15, 0.2) is 5.12 Å². The molecule has 1 nitrogen and oxygen atoms in total. The summed E-state index contributed by atoms with van der Waals surface area (Å²) in [6.45, 7) is 2.92. The van der Waals surface area contributed by atoms with Crippen LogP contribution in [0.3, 0.4) is 0 Å². The summed E-state index contributed by atoms with van der Waals surface area (Å²) in [5, 5.41) is -0.0310. The maximum atomic E-state index is 13.0. The molecule has 0 heterocycles. The maximum Gasteiger partial charge on any atom is 0.188 e. The predicted octanol–water partition coefficient (Wildman–Crippen LogP) is 3.47. The van der Waals surface area contributed by atoms with Crippen LogP contribution in [0.4, 0.5) is 13.2 Å². The van der Waals surface area contributed by atoms with Gasteiger partial charge in [-0.15, -0.1) is 0 Å². The molecule has 0 rings (SSSR count). The summed E-state index contributed by atoms with van der Waals surface area (Å²) in [7, 11) is 0. The molecule has 0 fully saturated rings. The van der Waals surface area contributed by atoms with Crippen LogP contribution < -0.4 is 0 Å². The van der Waals surface area contributed by atoms with Gasteiger partial charge in [-0.2, -0.15) is 0 Å². The fraction of sp³-hybridized carbons (Fsp3) is 0.900. The molecule has 3 atom stereocenters. The molecular weight excluding hydrogens is 225 g/mol. The van der Waals surface area contributed by atoms with E-state index in [-0.39, 0.29) is 17.3 Å². The molecule has 0 aromatic rings. The lowest BCUT2D eigenvalue weighted by atomic mass is 10.1. The van der Waals surface area contributed by atoms with Crippen molar-refractivity contribution in [2.24, 2.45) is 0 Å². The Morgan fingerprint density at radius 3 is 2.33 bits per heavy atom. The van der Waals surface area contributed by atoms with Gasteiger partial charge in [-0.25, -0.2) is 13.2 Å². The zero-order valence-corrected chi connectivity index (χ0v) is 9.83. The lowest BCUT2D eigenvalue weighted by molar-refractivity contribution is -0.110. The summed E-state index contributed by atoms with van der Waals surface area (Å²) < 4.78 is 38.3. The number of carbonyl (C=O) groups excluding carboxylic acids is 1. The van der Waals surface area contributed by atoms with Crippen molar-refractivity contribution >= 4 is 16.9 Å². The lowest BCUT2D eigenvalue weighted by Gasteiger charge is -2.13. The molecule has 0 N–H and O–H groups in total. The molecule has 15 heavy (non-hydrogen) atoms. The van der Waals surface area contributed by atoms with Gasteiger partial charge >= 0.3 is 0 Å². The van der Waals surface area contributed by atoms with E-state index in [2.05, 4.69) is 0 Å². The average molecular weight is 242 g/mol. The SMILES string of the molecule is CCC(=O)SCCC(F)C(F)CC(C)F. The van der Waals surface area contributed by atoms with E-state index in [9.17, 15) is 18.0 Å². The van der Waals surface area contributed by atoms with Gasteiger partial charge in [0, 0.05) is 18.6 Å². The second-order valence-corrected chi connectivity index (χ2v) is 4.56. The van der Waals surface area contributed by atoms with Gasteiger partial charge in [0.2, 0.25) is 0 Å². The van der Waals surface area contributed by atoms with Crippen LogP contribution in [0.1, 0.15) is 33.1 Å². The number of hydrogen-bond acceptors (Lipinski definition) is 2. The molecule has 0 radical (unpaired) electrons. The molecule has 3 unspecified atom stereocenters. The second-order valence-electron chi connectivity index (χ2n) is 3.41. The van der Waals surface area contributed by atoms with Crippen LogP contribution in [0, 0.1) is 0 Å². The highest BCUT2D eigenvalue weighted by atomic mass is 32.2. The summed E-state index contributed by atoms with van der Waals surface area (Å²) in [6, 6.07) is 0. The van der Waals surface area contributed by atoms with Crippen molar-refractivity contribution in [2.45, 2.75) is 51.6 Å². The molecule has 0 spiro atoms. The van der Waals surface area contributed by atoms with E-state index in [1.165, 1.54) is 6.92 Å². The van der Waals surface area contributed by atoms with E-state index in [4.69, 9.17) is 0 Å². The first-order valence-corrected chi connectivity index (χ1v) is 6.03. The minimum atomic E-state index is -1.76. The highest BCUT2D eigenvalue weighted by Crippen LogP contribution is 2.18. The van der Waals surface area contributed by atoms with Gasteiger partial charge in [-0.1, -0.05) is 18.7 Å². The van der Waals surface area contributed by atoms with Crippen molar-refractivity contribution in [2.75, 3.05) is 5.75 Å². The molecule has 0 bridgehead atoms. The van der Waals surface area contributed by atoms with E-state index < -0.39 is 24.9 Å². The number of rotatable bonds is 7. The number of alkyl halides is 3. The Balaban J connectivity index is 3.63.